The minimum Gasteiger partial charge on any atom is -0.454 e. The fourth-order valence-electron chi connectivity index (χ4n) is 2.37. The number of aromatic nitrogens is 5. The minimum atomic E-state index is -0.512. The van der Waals surface area contributed by atoms with Crippen LogP contribution in [0.2, 0.25) is 0 Å². The molecule has 0 aliphatic heterocycles. The highest BCUT2D eigenvalue weighted by atomic mass is 19.1. The number of hydrogen-bond donors (Lipinski definition) is 0. The molecule has 2 heterocycles. The van der Waals surface area contributed by atoms with Crippen LogP contribution in [0.15, 0.2) is 53.1 Å². The van der Waals surface area contributed by atoms with Crippen LogP contribution in [-0.4, -0.2) is 31.1 Å². The van der Waals surface area contributed by atoms with Crippen molar-refractivity contribution in [3.8, 4) is 11.4 Å². The number of fused-ring (bicyclic) bond motifs is 1. The van der Waals surface area contributed by atoms with Crippen LogP contribution in [0.5, 0.6) is 0 Å². The largest absolute Gasteiger partial charge is 0.454 e. The van der Waals surface area contributed by atoms with Gasteiger partial charge in [-0.1, -0.05) is 22.5 Å². The lowest BCUT2D eigenvalue weighted by Crippen LogP contribution is -2.14. The van der Waals surface area contributed by atoms with Crippen LogP contribution < -0.4 is 0 Å². The van der Waals surface area contributed by atoms with Gasteiger partial charge in [0.2, 0.25) is 5.82 Å². The third-order valence-electron chi connectivity index (χ3n) is 3.63. The number of carbonyl (C=O) groups excluding carboxylic acids is 1. The zero-order valence-corrected chi connectivity index (χ0v) is 13.4. The maximum absolute atomic E-state index is 12.9. The monoisotopic (exact) mass is 353 g/mol. The lowest BCUT2D eigenvalue weighted by atomic mass is 10.2. The third kappa shape index (κ3) is 3.27. The van der Waals surface area contributed by atoms with Crippen LogP contribution in [-0.2, 0) is 22.7 Å². The van der Waals surface area contributed by atoms with Crippen molar-refractivity contribution < 1.29 is 18.4 Å². The molecule has 4 aromatic rings. The third-order valence-corrected chi connectivity index (χ3v) is 3.63. The van der Waals surface area contributed by atoms with Crippen molar-refractivity contribution >= 4 is 17.0 Å². The van der Waals surface area contributed by atoms with Gasteiger partial charge in [0, 0.05) is 5.56 Å². The Kier molecular flexibility index (Phi) is 4.10. The van der Waals surface area contributed by atoms with E-state index in [9.17, 15) is 9.18 Å². The van der Waals surface area contributed by atoms with Crippen molar-refractivity contribution in [1.82, 2.24) is 25.1 Å². The van der Waals surface area contributed by atoms with Crippen molar-refractivity contribution in [3.63, 3.8) is 0 Å². The highest BCUT2D eigenvalue weighted by Crippen LogP contribution is 2.16. The van der Waals surface area contributed by atoms with Crippen LogP contribution in [0.1, 0.15) is 5.89 Å². The van der Waals surface area contributed by atoms with E-state index >= 15 is 0 Å². The first-order valence-corrected chi connectivity index (χ1v) is 7.71. The van der Waals surface area contributed by atoms with E-state index in [4.69, 9.17) is 9.26 Å². The van der Waals surface area contributed by atoms with Gasteiger partial charge in [-0.25, -0.2) is 9.07 Å². The molecule has 0 N–H and O–H groups in total. The second kappa shape index (κ2) is 6.71. The van der Waals surface area contributed by atoms with Crippen LogP contribution in [0.4, 0.5) is 4.39 Å². The number of halogens is 1. The Balaban J connectivity index is 1.38. The molecule has 0 radical (unpaired) electrons. The van der Waals surface area contributed by atoms with Crippen molar-refractivity contribution in [3.05, 3.63) is 60.2 Å². The van der Waals surface area contributed by atoms with Crippen LogP contribution in [0, 0.1) is 5.82 Å². The summed E-state index contributed by atoms with van der Waals surface area (Å²) in [6, 6.07) is 13.0. The number of para-hydroxylation sites is 1. The molecule has 130 valence electrons. The molecule has 2 aromatic heterocycles. The number of ether oxygens (including phenoxy) is 1. The van der Waals surface area contributed by atoms with E-state index in [0.29, 0.717) is 16.9 Å². The van der Waals surface area contributed by atoms with Gasteiger partial charge in [0.05, 0.1) is 5.52 Å². The molecule has 0 saturated heterocycles. The molecule has 2 aromatic carbocycles. The standard InChI is InChI=1S/C17H12FN5O3/c18-12-7-5-11(6-8-12)17-19-15(26-21-17)10-25-16(24)9-23-14-4-2-1-3-13(14)20-22-23/h1-8H,9-10H2. The number of nitrogens with zero attached hydrogens (tertiary/aromatic N) is 5. The van der Waals surface area contributed by atoms with Gasteiger partial charge < -0.3 is 9.26 Å². The molecule has 0 atom stereocenters. The number of carbonyl (C=O) groups is 1. The van der Waals surface area contributed by atoms with Gasteiger partial charge in [-0.15, -0.1) is 5.10 Å². The Morgan fingerprint density at radius 2 is 1.96 bits per heavy atom. The maximum Gasteiger partial charge on any atom is 0.328 e. The predicted molar refractivity (Wildman–Crippen MR) is 87.0 cm³/mol. The highest BCUT2D eigenvalue weighted by Gasteiger charge is 2.13. The van der Waals surface area contributed by atoms with E-state index in [1.807, 2.05) is 18.2 Å². The first-order valence-electron chi connectivity index (χ1n) is 7.71. The van der Waals surface area contributed by atoms with Crippen LogP contribution in [0.25, 0.3) is 22.4 Å². The molecule has 0 amide bonds. The number of esters is 1. The topological polar surface area (TPSA) is 95.9 Å². The van der Waals surface area contributed by atoms with Crippen molar-refractivity contribution in [1.29, 1.82) is 0 Å². The smallest absolute Gasteiger partial charge is 0.328 e. The van der Waals surface area contributed by atoms with Crippen molar-refractivity contribution in [2.75, 3.05) is 0 Å². The van der Waals surface area contributed by atoms with E-state index < -0.39 is 5.97 Å². The Bertz CT molecular complexity index is 1060. The van der Waals surface area contributed by atoms with Gasteiger partial charge in [-0.05, 0) is 36.4 Å². The van der Waals surface area contributed by atoms with Gasteiger partial charge >= 0.3 is 5.97 Å². The van der Waals surface area contributed by atoms with Gasteiger partial charge in [-0.3, -0.25) is 4.79 Å². The summed E-state index contributed by atoms with van der Waals surface area (Å²) in [7, 11) is 0. The summed E-state index contributed by atoms with van der Waals surface area (Å²) in [6.07, 6.45) is 0. The fourth-order valence-corrected chi connectivity index (χ4v) is 2.37. The summed E-state index contributed by atoms with van der Waals surface area (Å²) in [5.41, 5.74) is 2.03. The zero-order chi connectivity index (χ0) is 17.9. The summed E-state index contributed by atoms with van der Waals surface area (Å²) in [6.45, 7) is -0.251. The first-order chi connectivity index (χ1) is 12.7. The van der Waals surface area contributed by atoms with Crippen LogP contribution >= 0.6 is 0 Å². The summed E-state index contributed by atoms with van der Waals surface area (Å²) < 4.78 is 24.6. The van der Waals surface area contributed by atoms with E-state index in [0.717, 1.165) is 5.52 Å². The molecule has 4 rings (SSSR count). The molecule has 0 aliphatic rings. The molecule has 8 nitrogen and oxygen atoms in total. The summed E-state index contributed by atoms with van der Waals surface area (Å²) in [4.78, 5) is 16.1. The van der Waals surface area contributed by atoms with E-state index in [1.54, 1.807) is 6.07 Å². The van der Waals surface area contributed by atoms with E-state index in [-0.39, 0.29) is 24.9 Å². The van der Waals surface area contributed by atoms with E-state index in [2.05, 4.69) is 20.5 Å². The summed E-state index contributed by atoms with van der Waals surface area (Å²) >= 11 is 0. The van der Waals surface area contributed by atoms with E-state index in [1.165, 1.54) is 28.9 Å². The Labute approximate surface area is 146 Å². The fraction of sp³-hybridized carbons (Fsp3) is 0.118. The summed E-state index contributed by atoms with van der Waals surface area (Å²) in [5, 5.41) is 11.7. The Morgan fingerprint density at radius 1 is 1.15 bits per heavy atom. The molecule has 0 bridgehead atoms. The van der Waals surface area contributed by atoms with Gasteiger partial charge in [-0.2, -0.15) is 4.98 Å². The molecule has 26 heavy (non-hydrogen) atoms. The second-order valence-electron chi connectivity index (χ2n) is 5.42. The van der Waals surface area contributed by atoms with Crippen LogP contribution in [0.3, 0.4) is 0 Å². The highest BCUT2D eigenvalue weighted by molar-refractivity contribution is 5.76. The van der Waals surface area contributed by atoms with Crippen molar-refractivity contribution in [2.24, 2.45) is 0 Å². The first kappa shape index (κ1) is 15.9. The summed E-state index contributed by atoms with van der Waals surface area (Å²) in [5.74, 6) is -0.436. The second-order valence-corrected chi connectivity index (χ2v) is 5.42. The minimum absolute atomic E-state index is 0.0839. The zero-order valence-electron chi connectivity index (χ0n) is 13.4. The molecule has 0 aliphatic carbocycles. The predicted octanol–water partition coefficient (Wildman–Crippen LogP) is 2.36. The molecular weight excluding hydrogens is 341 g/mol. The lowest BCUT2D eigenvalue weighted by Gasteiger charge is -2.02. The number of rotatable bonds is 5. The molecule has 0 spiro atoms. The normalized spacial score (nSPS) is 11.0. The van der Waals surface area contributed by atoms with Gasteiger partial charge in [0.25, 0.3) is 5.89 Å². The average molecular weight is 353 g/mol. The molecule has 0 saturated carbocycles. The maximum atomic E-state index is 12.9. The number of benzene rings is 2. The molecule has 9 heteroatoms. The number of hydrogen-bond acceptors (Lipinski definition) is 7. The lowest BCUT2D eigenvalue weighted by molar-refractivity contribution is -0.146. The molecular formula is C17H12FN5O3. The molecule has 0 unspecified atom stereocenters. The quantitative estimate of drug-likeness (QED) is 0.508. The molecule has 0 fully saturated rings. The Morgan fingerprint density at radius 3 is 2.81 bits per heavy atom. The van der Waals surface area contributed by atoms with Gasteiger partial charge in [0.15, 0.2) is 6.61 Å². The average Bonchev–Trinajstić information content (AvgIpc) is 3.28. The van der Waals surface area contributed by atoms with Crippen molar-refractivity contribution in [2.45, 2.75) is 13.2 Å². The SMILES string of the molecule is O=C(Cn1nnc2ccccc21)OCc1nc(-c2ccc(F)cc2)no1. The van der Waals surface area contributed by atoms with Gasteiger partial charge in [0.1, 0.15) is 17.9 Å². The Hall–Kier alpha value is -3.62.